The molecule has 0 saturated carbocycles. The fourth-order valence-electron chi connectivity index (χ4n) is 1.04. The van der Waals surface area contributed by atoms with Gasteiger partial charge >= 0.3 is 5.97 Å². The molecule has 0 atom stereocenters. The highest BCUT2D eigenvalue weighted by atomic mass is 79.9. The number of allylic oxidation sites excluding steroid dienone is 1. The lowest BCUT2D eigenvalue weighted by Crippen LogP contribution is -2.10. The molecule has 1 rings (SSSR count). The third kappa shape index (κ3) is 3.46. The number of carbonyl (C=O) groups is 2. The Balaban J connectivity index is 2.93. The van der Waals surface area contributed by atoms with Gasteiger partial charge in [0.25, 0.3) is 0 Å². The van der Waals surface area contributed by atoms with Gasteiger partial charge in [-0.05, 0) is 35.8 Å². The number of hydrogen-bond acceptors (Lipinski definition) is 3. The molecule has 0 aliphatic carbocycles. The first-order chi connectivity index (χ1) is 7.40. The zero-order chi connectivity index (χ0) is 12.3. The van der Waals surface area contributed by atoms with E-state index in [0.717, 1.165) is 16.9 Å². The minimum absolute atomic E-state index is 0.113. The Labute approximate surface area is 105 Å². The molecule has 0 radical (unpaired) electrons. The van der Waals surface area contributed by atoms with E-state index in [0.29, 0.717) is 9.47 Å². The molecule has 86 valence electrons. The molecular formula is C10H10BrNO3S. The van der Waals surface area contributed by atoms with Crippen molar-refractivity contribution in [3.8, 4) is 0 Å². The Hall–Kier alpha value is -1.14. The van der Waals surface area contributed by atoms with Crippen LogP contribution in [0.3, 0.4) is 0 Å². The number of carboxylic acid groups (broad SMARTS) is 1. The predicted octanol–water partition coefficient (Wildman–Crippen LogP) is 3.11. The molecule has 0 spiro atoms. The lowest BCUT2D eigenvalue weighted by molar-refractivity contribution is -0.111. The Morgan fingerprint density at radius 1 is 1.50 bits per heavy atom. The Kier molecular flexibility index (Phi) is 4.26. The van der Waals surface area contributed by atoms with Gasteiger partial charge in [0.1, 0.15) is 4.88 Å². The Morgan fingerprint density at radius 2 is 2.12 bits per heavy atom. The molecule has 0 aliphatic heterocycles. The number of carbonyl (C=O) groups excluding carboxylic acids is 1. The summed E-state index contributed by atoms with van der Waals surface area (Å²) in [6.45, 7) is 3.59. The average Bonchev–Trinajstić information content (AvgIpc) is 2.44. The maximum Gasteiger partial charge on any atom is 0.348 e. The molecule has 1 aromatic rings. The van der Waals surface area contributed by atoms with Gasteiger partial charge in [-0.3, -0.25) is 4.79 Å². The van der Waals surface area contributed by atoms with Gasteiger partial charge in [0.15, 0.2) is 0 Å². The summed E-state index contributed by atoms with van der Waals surface area (Å²) in [4.78, 5) is 22.4. The largest absolute Gasteiger partial charge is 0.477 e. The van der Waals surface area contributed by atoms with E-state index < -0.39 is 5.97 Å². The predicted molar refractivity (Wildman–Crippen MR) is 67.0 cm³/mol. The van der Waals surface area contributed by atoms with Gasteiger partial charge in [0, 0.05) is 6.08 Å². The number of halogens is 1. The lowest BCUT2D eigenvalue weighted by atomic mass is 10.3. The monoisotopic (exact) mass is 303 g/mol. The summed E-state index contributed by atoms with van der Waals surface area (Å²) in [7, 11) is 0. The number of amides is 1. The standard InChI is InChI=1S/C10H10BrNO3S/c1-5(2)3-8(13)12-6-4-7(11)16-9(6)10(14)15/h3-4H,1-2H3,(H,12,13)(H,14,15). The smallest absolute Gasteiger partial charge is 0.348 e. The SMILES string of the molecule is CC(C)=CC(=O)Nc1cc(Br)sc1C(=O)O. The van der Waals surface area contributed by atoms with Crippen molar-refractivity contribution >= 4 is 44.8 Å². The quantitative estimate of drug-likeness (QED) is 0.843. The maximum atomic E-state index is 11.4. The summed E-state index contributed by atoms with van der Waals surface area (Å²) in [5.41, 5.74) is 1.16. The number of aromatic carboxylic acids is 1. The van der Waals surface area contributed by atoms with Crippen LogP contribution in [0.4, 0.5) is 5.69 Å². The molecule has 0 aliphatic rings. The topological polar surface area (TPSA) is 66.4 Å². The molecule has 0 saturated heterocycles. The fourth-order valence-corrected chi connectivity index (χ4v) is 2.44. The van der Waals surface area contributed by atoms with Crippen LogP contribution in [-0.2, 0) is 4.79 Å². The van der Waals surface area contributed by atoms with Gasteiger partial charge in [-0.1, -0.05) is 5.57 Å². The normalized spacial score (nSPS) is 9.69. The van der Waals surface area contributed by atoms with Gasteiger partial charge in [-0.15, -0.1) is 11.3 Å². The van der Waals surface area contributed by atoms with Crippen LogP contribution in [0.15, 0.2) is 21.5 Å². The minimum atomic E-state index is -1.05. The number of thiophene rings is 1. The van der Waals surface area contributed by atoms with Crippen molar-refractivity contribution in [2.24, 2.45) is 0 Å². The van der Waals surface area contributed by atoms with Crippen LogP contribution in [0, 0.1) is 0 Å². The number of nitrogens with one attached hydrogen (secondary N) is 1. The molecule has 2 N–H and O–H groups in total. The summed E-state index contributed by atoms with van der Waals surface area (Å²) in [5, 5.41) is 11.4. The van der Waals surface area contributed by atoms with Crippen molar-refractivity contribution in [1.29, 1.82) is 0 Å². The highest BCUT2D eigenvalue weighted by Crippen LogP contribution is 2.31. The van der Waals surface area contributed by atoms with Crippen LogP contribution in [0.1, 0.15) is 23.5 Å². The van der Waals surface area contributed by atoms with E-state index in [4.69, 9.17) is 5.11 Å². The van der Waals surface area contributed by atoms with E-state index in [9.17, 15) is 9.59 Å². The first-order valence-corrected chi connectivity index (χ1v) is 5.99. The van der Waals surface area contributed by atoms with E-state index >= 15 is 0 Å². The Morgan fingerprint density at radius 3 is 2.62 bits per heavy atom. The van der Waals surface area contributed by atoms with Gasteiger partial charge in [0.05, 0.1) is 9.47 Å². The molecule has 1 heterocycles. The average molecular weight is 304 g/mol. The van der Waals surface area contributed by atoms with Crippen molar-refractivity contribution in [1.82, 2.24) is 0 Å². The number of hydrogen-bond donors (Lipinski definition) is 2. The van der Waals surface area contributed by atoms with Gasteiger partial charge in [-0.2, -0.15) is 0 Å². The van der Waals surface area contributed by atoms with Crippen LogP contribution >= 0.6 is 27.3 Å². The fraction of sp³-hybridized carbons (Fsp3) is 0.200. The van der Waals surface area contributed by atoms with Crippen molar-refractivity contribution in [2.45, 2.75) is 13.8 Å². The van der Waals surface area contributed by atoms with E-state index in [1.54, 1.807) is 19.9 Å². The zero-order valence-electron chi connectivity index (χ0n) is 8.70. The second-order valence-corrected chi connectivity index (χ2v) is 5.74. The van der Waals surface area contributed by atoms with Crippen LogP contribution in [-0.4, -0.2) is 17.0 Å². The second kappa shape index (κ2) is 5.27. The van der Waals surface area contributed by atoms with E-state index in [1.807, 2.05) is 0 Å². The van der Waals surface area contributed by atoms with E-state index in [1.165, 1.54) is 6.08 Å². The first-order valence-electron chi connectivity index (χ1n) is 4.38. The highest BCUT2D eigenvalue weighted by molar-refractivity contribution is 9.11. The molecule has 0 fully saturated rings. The molecule has 1 aromatic heterocycles. The molecule has 0 bridgehead atoms. The van der Waals surface area contributed by atoms with Crippen molar-refractivity contribution in [3.63, 3.8) is 0 Å². The van der Waals surface area contributed by atoms with E-state index in [-0.39, 0.29) is 10.8 Å². The summed E-state index contributed by atoms with van der Waals surface area (Å²) >= 11 is 4.25. The van der Waals surface area contributed by atoms with Crippen molar-refractivity contribution in [2.75, 3.05) is 5.32 Å². The summed E-state index contributed by atoms with van der Waals surface area (Å²) in [6, 6.07) is 1.57. The van der Waals surface area contributed by atoms with Crippen LogP contribution in [0.25, 0.3) is 0 Å². The molecule has 1 amide bonds. The molecule has 16 heavy (non-hydrogen) atoms. The van der Waals surface area contributed by atoms with Crippen LogP contribution in [0.5, 0.6) is 0 Å². The molecule has 0 unspecified atom stereocenters. The third-order valence-corrected chi connectivity index (χ3v) is 3.20. The second-order valence-electron chi connectivity index (χ2n) is 3.31. The maximum absolute atomic E-state index is 11.4. The number of anilines is 1. The first kappa shape index (κ1) is 12.9. The number of carboxylic acids is 1. The van der Waals surface area contributed by atoms with Crippen LogP contribution in [0.2, 0.25) is 0 Å². The molecule has 0 aromatic carbocycles. The number of rotatable bonds is 3. The summed E-state index contributed by atoms with van der Waals surface area (Å²) in [5.74, 6) is -1.38. The third-order valence-electron chi connectivity index (χ3n) is 1.57. The molecule has 4 nitrogen and oxygen atoms in total. The molecular weight excluding hydrogens is 294 g/mol. The van der Waals surface area contributed by atoms with Crippen LogP contribution < -0.4 is 5.32 Å². The summed E-state index contributed by atoms with van der Waals surface area (Å²) in [6.07, 6.45) is 1.41. The highest BCUT2D eigenvalue weighted by Gasteiger charge is 2.15. The van der Waals surface area contributed by atoms with Gasteiger partial charge in [0.2, 0.25) is 5.91 Å². The summed E-state index contributed by atoms with van der Waals surface area (Å²) < 4.78 is 0.664. The van der Waals surface area contributed by atoms with Gasteiger partial charge < -0.3 is 10.4 Å². The minimum Gasteiger partial charge on any atom is -0.477 e. The Bertz CT molecular complexity index is 461. The van der Waals surface area contributed by atoms with E-state index in [2.05, 4.69) is 21.2 Å². The van der Waals surface area contributed by atoms with Gasteiger partial charge in [-0.25, -0.2) is 4.79 Å². The zero-order valence-corrected chi connectivity index (χ0v) is 11.1. The molecule has 6 heteroatoms. The van der Waals surface area contributed by atoms with Crippen molar-refractivity contribution < 1.29 is 14.7 Å². The van der Waals surface area contributed by atoms with Crippen molar-refractivity contribution in [3.05, 3.63) is 26.4 Å². The lowest BCUT2D eigenvalue weighted by Gasteiger charge is -2.00.